The van der Waals surface area contributed by atoms with E-state index in [-0.39, 0.29) is 11.8 Å². The lowest BCUT2D eigenvalue weighted by atomic mass is 10.0. The number of benzene rings is 1. The summed E-state index contributed by atoms with van der Waals surface area (Å²) in [5, 5.41) is 3.08. The summed E-state index contributed by atoms with van der Waals surface area (Å²) in [7, 11) is 3.84. The van der Waals surface area contributed by atoms with Gasteiger partial charge in [-0.25, -0.2) is 0 Å². The van der Waals surface area contributed by atoms with Crippen LogP contribution in [-0.2, 0) is 4.79 Å². The van der Waals surface area contributed by atoms with Crippen LogP contribution in [0.25, 0.3) is 0 Å². The summed E-state index contributed by atoms with van der Waals surface area (Å²) in [5.74, 6) is 0.274. The Morgan fingerprint density at radius 3 is 2.81 bits per heavy atom. The predicted octanol–water partition coefficient (Wildman–Crippen LogP) is 1.97. The Morgan fingerprint density at radius 2 is 2.14 bits per heavy atom. The Hall–Kier alpha value is -1.55. The molecule has 0 aliphatic carbocycles. The Kier molecular flexibility index (Phi) is 5.62. The number of carbonyl (C=O) groups is 1. The van der Waals surface area contributed by atoms with Crippen LogP contribution in [0, 0.1) is 5.92 Å². The molecule has 1 fully saturated rings. The number of nitrogens with zero attached hydrogens (tertiary/aromatic N) is 2. The van der Waals surface area contributed by atoms with Crippen molar-refractivity contribution >= 4 is 11.6 Å². The lowest BCUT2D eigenvalue weighted by Gasteiger charge is -2.39. The van der Waals surface area contributed by atoms with Gasteiger partial charge >= 0.3 is 0 Å². The molecular weight excluding hydrogens is 262 g/mol. The van der Waals surface area contributed by atoms with Crippen molar-refractivity contribution in [3.05, 3.63) is 30.3 Å². The second kappa shape index (κ2) is 7.46. The molecule has 4 nitrogen and oxygen atoms in total. The third kappa shape index (κ3) is 3.97. The predicted molar refractivity (Wildman–Crippen MR) is 87.5 cm³/mol. The van der Waals surface area contributed by atoms with E-state index in [0.29, 0.717) is 6.04 Å². The smallest absolute Gasteiger partial charge is 0.226 e. The Labute approximate surface area is 128 Å². The van der Waals surface area contributed by atoms with Crippen LogP contribution >= 0.6 is 0 Å². The summed E-state index contributed by atoms with van der Waals surface area (Å²) in [6.07, 6.45) is 2.23. The third-order valence-electron chi connectivity index (χ3n) is 4.35. The van der Waals surface area contributed by atoms with Gasteiger partial charge in [0.15, 0.2) is 0 Å². The van der Waals surface area contributed by atoms with Crippen molar-refractivity contribution in [1.29, 1.82) is 0 Å². The summed E-state index contributed by atoms with van der Waals surface area (Å²) in [6, 6.07) is 10.8. The number of para-hydroxylation sites is 1. The average molecular weight is 289 g/mol. The number of hydrogen-bond donors (Lipinski definition) is 1. The van der Waals surface area contributed by atoms with Gasteiger partial charge in [0.25, 0.3) is 0 Å². The Morgan fingerprint density at radius 1 is 1.43 bits per heavy atom. The minimum atomic E-state index is 0.0344. The minimum Gasteiger partial charge on any atom is -0.369 e. The largest absolute Gasteiger partial charge is 0.369 e. The highest BCUT2D eigenvalue weighted by Gasteiger charge is 2.28. The molecule has 0 bridgehead atoms. The average Bonchev–Trinajstić information content (AvgIpc) is 2.54. The minimum absolute atomic E-state index is 0.0344. The molecule has 1 aliphatic heterocycles. The number of carbonyl (C=O) groups excluding carboxylic acids is 1. The lowest BCUT2D eigenvalue weighted by Crippen LogP contribution is -2.50. The number of anilines is 1. The number of nitrogens with one attached hydrogen (secondary N) is 1. The number of hydrogen-bond acceptors (Lipinski definition) is 3. The SMILES string of the molecule is CNCC(C)C(=O)N(C)C1CCCN(c2ccccc2)C1. The number of likely N-dealkylation sites (N-methyl/N-ethyl adjacent to an activating group) is 1. The quantitative estimate of drug-likeness (QED) is 0.900. The van der Waals surface area contributed by atoms with Gasteiger partial charge in [0.2, 0.25) is 5.91 Å². The maximum Gasteiger partial charge on any atom is 0.226 e. The topological polar surface area (TPSA) is 35.6 Å². The van der Waals surface area contributed by atoms with Gasteiger partial charge in [0, 0.05) is 44.3 Å². The monoisotopic (exact) mass is 289 g/mol. The van der Waals surface area contributed by atoms with Crippen molar-refractivity contribution in [3.8, 4) is 0 Å². The van der Waals surface area contributed by atoms with E-state index < -0.39 is 0 Å². The van der Waals surface area contributed by atoms with Gasteiger partial charge in [0.1, 0.15) is 0 Å². The van der Waals surface area contributed by atoms with Crippen LogP contribution in [0.1, 0.15) is 19.8 Å². The van der Waals surface area contributed by atoms with Crippen molar-refractivity contribution in [2.24, 2.45) is 5.92 Å². The molecule has 21 heavy (non-hydrogen) atoms. The first kappa shape index (κ1) is 15.8. The first-order valence-corrected chi connectivity index (χ1v) is 7.84. The molecule has 0 saturated carbocycles. The highest BCUT2D eigenvalue weighted by molar-refractivity contribution is 5.78. The molecule has 116 valence electrons. The van der Waals surface area contributed by atoms with Crippen molar-refractivity contribution < 1.29 is 4.79 Å². The molecule has 0 radical (unpaired) electrons. The van der Waals surface area contributed by atoms with Gasteiger partial charge in [-0.15, -0.1) is 0 Å². The second-order valence-electron chi connectivity index (χ2n) is 5.99. The molecule has 2 rings (SSSR count). The van der Waals surface area contributed by atoms with E-state index in [2.05, 4.69) is 34.5 Å². The van der Waals surface area contributed by atoms with Crippen LogP contribution in [0.4, 0.5) is 5.69 Å². The van der Waals surface area contributed by atoms with Crippen molar-refractivity contribution in [1.82, 2.24) is 10.2 Å². The zero-order valence-electron chi connectivity index (χ0n) is 13.4. The molecule has 1 aromatic rings. The van der Waals surface area contributed by atoms with Crippen molar-refractivity contribution in [2.45, 2.75) is 25.8 Å². The zero-order valence-corrected chi connectivity index (χ0v) is 13.4. The molecule has 1 saturated heterocycles. The fourth-order valence-corrected chi connectivity index (χ4v) is 3.07. The van der Waals surface area contributed by atoms with Gasteiger partial charge < -0.3 is 15.1 Å². The van der Waals surface area contributed by atoms with E-state index in [1.165, 1.54) is 5.69 Å². The zero-order chi connectivity index (χ0) is 15.2. The first-order valence-electron chi connectivity index (χ1n) is 7.84. The second-order valence-corrected chi connectivity index (χ2v) is 5.99. The summed E-state index contributed by atoms with van der Waals surface area (Å²) in [5.41, 5.74) is 1.26. The lowest BCUT2D eigenvalue weighted by molar-refractivity contribution is -0.135. The van der Waals surface area contributed by atoms with Gasteiger partial charge in [-0.3, -0.25) is 4.79 Å². The van der Waals surface area contributed by atoms with Crippen LogP contribution in [0.5, 0.6) is 0 Å². The van der Waals surface area contributed by atoms with Gasteiger partial charge in [-0.1, -0.05) is 25.1 Å². The van der Waals surface area contributed by atoms with E-state index in [1.54, 1.807) is 0 Å². The summed E-state index contributed by atoms with van der Waals surface area (Å²) >= 11 is 0. The molecule has 1 aromatic carbocycles. The van der Waals surface area contributed by atoms with Crippen LogP contribution in [0.2, 0.25) is 0 Å². The molecule has 0 aromatic heterocycles. The van der Waals surface area contributed by atoms with Gasteiger partial charge in [-0.05, 0) is 32.0 Å². The van der Waals surface area contributed by atoms with Gasteiger partial charge in [0.05, 0.1) is 0 Å². The highest BCUT2D eigenvalue weighted by Crippen LogP contribution is 2.22. The first-order chi connectivity index (χ1) is 10.1. The molecule has 1 amide bonds. The van der Waals surface area contributed by atoms with Crippen LogP contribution in [-0.4, -0.2) is 50.6 Å². The third-order valence-corrected chi connectivity index (χ3v) is 4.35. The van der Waals surface area contributed by atoms with Crippen LogP contribution in [0.3, 0.4) is 0 Å². The van der Waals surface area contributed by atoms with E-state index in [9.17, 15) is 4.79 Å². The van der Waals surface area contributed by atoms with E-state index >= 15 is 0 Å². The Balaban J connectivity index is 1.99. The van der Waals surface area contributed by atoms with Crippen molar-refractivity contribution in [3.63, 3.8) is 0 Å². The van der Waals surface area contributed by atoms with Gasteiger partial charge in [-0.2, -0.15) is 0 Å². The molecule has 1 aliphatic rings. The maximum absolute atomic E-state index is 12.4. The molecular formula is C17H27N3O. The molecule has 1 heterocycles. The maximum atomic E-state index is 12.4. The van der Waals surface area contributed by atoms with E-state index in [1.807, 2.05) is 32.0 Å². The molecule has 0 spiro atoms. The standard InChI is InChI=1S/C17H27N3O/c1-14(12-18-2)17(21)19(3)16-10-7-11-20(13-16)15-8-5-4-6-9-15/h4-6,8-9,14,16,18H,7,10-13H2,1-3H3. The fourth-order valence-electron chi connectivity index (χ4n) is 3.07. The molecule has 2 unspecified atom stereocenters. The summed E-state index contributed by atoms with van der Waals surface area (Å²) in [4.78, 5) is 16.8. The van der Waals surface area contributed by atoms with Crippen LogP contribution < -0.4 is 10.2 Å². The fraction of sp³-hybridized carbons (Fsp3) is 0.588. The number of rotatable bonds is 5. The normalized spacial score (nSPS) is 20.1. The number of amides is 1. The summed E-state index contributed by atoms with van der Waals surface area (Å²) < 4.78 is 0. The molecule has 2 atom stereocenters. The molecule has 4 heteroatoms. The highest BCUT2D eigenvalue weighted by atomic mass is 16.2. The van der Waals surface area contributed by atoms with Crippen molar-refractivity contribution in [2.75, 3.05) is 38.6 Å². The molecule has 1 N–H and O–H groups in total. The van der Waals surface area contributed by atoms with Crippen LogP contribution in [0.15, 0.2) is 30.3 Å². The van der Waals surface area contributed by atoms with E-state index in [0.717, 1.165) is 32.5 Å². The summed E-state index contributed by atoms with van der Waals surface area (Å²) in [6.45, 7) is 4.73. The number of piperidine rings is 1. The Bertz CT molecular complexity index is 449. The van der Waals surface area contributed by atoms with E-state index in [4.69, 9.17) is 0 Å².